The molecular formula is C15H19N3O2. The van der Waals surface area contributed by atoms with E-state index in [4.69, 9.17) is 10.8 Å². The molecule has 0 atom stereocenters. The standard InChI is InChI=1S/C15H19N3O2/c16-8-12-7-11(10-19)5-6-14(12)18(9-15(17)20)13-3-1-2-4-13/h5-7,13,19H,1-4,9-10H2,(H2,17,20). The van der Waals surface area contributed by atoms with Crippen molar-refractivity contribution in [3.63, 3.8) is 0 Å². The number of anilines is 1. The molecular weight excluding hydrogens is 254 g/mol. The monoisotopic (exact) mass is 273 g/mol. The number of amides is 1. The van der Waals surface area contributed by atoms with Gasteiger partial charge in [-0.3, -0.25) is 4.79 Å². The van der Waals surface area contributed by atoms with Gasteiger partial charge in [0.1, 0.15) is 6.07 Å². The van der Waals surface area contributed by atoms with Gasteiger partial charge in [-0.2, -0.15) is 5.26 Å². The molecule has 20 heavy (non-hydrogen) atoms. The molecule has 1 aliphatic rings. The van der Waals surface area contributed by atoms with Crippen LogP contribution >= 0.6 is 0 Å². The Morgan fingerprint density at radius 1 is 1.45 bits per heavy atom. The molecule has 2 rings (SSSR count). The molecule has 0 unspecified atom stereocenters. The van der Waals surface area contributed by atoms with Crippen LogP contribution in [-0.4, -0.2) is 23.6 Å². The fourth-order valence-electron chi connectivity index (χ4n) is 2.82. The van der Waals surface area contributed by atoms with Gasteiger partial charge in [0.05, 0.1) is 24.4 Å². The van der Waals surface area contributed by atoms with Crippen molar-refractivity contribution >= 4 is 11.6 Å². The highest BCUT2D eigenvalue weighted by Crippen LogP contribution is 2.30. The molecule has 1 fully saturated rings. The minimum absolute atomic E-state index is 0.103. The summed E-state index contributed by atoms with van der Waals surface area (Å²) in [6.07, 6.45) is 4.30. The summed E-state index contributed by atoms with van der Waals surface area (Å²) in [6, 6.07) is 7.64. The summed E-state index contributed by atoms with van der Waals surface area (Å²) in [6.45, 7) is 0.0199. The highest BCUT2D eigenvalue weighted by Gasteiger charge is 2.25. The molecule has 1 aromatic carbocycles. The Morgan fingerprint density at radius 3 is 2.70 bits per heavy atom. The number of aliphatic hydroxyl groups is 1. The summed E-state index contributed by atoms with van der Waals surface area (Å²) in [5.74, 6) is -0.396. The van der Waals surface area contributed by atoms with Crippen molar-refractivity contribution in [2.75, 3.05) is 11.4 Å². The van der Waals surface area contributed by atoms with E-state index in [0.29, 0.717) is 11.1 Å². The van der Waals surface area contributed by atoms with Gasteiger partial charge in [0.2, 0.25) is 5.91 Å². The third kappa shape index (κ3) is 3.09. The normalized spacial score (nSPS) is 15.0. The van der Waals surface area contributed by atoms with E-state index in [-0.39, 0.29) is 19.2 Å². The maximum Gasteiger partial charge on any atom is 0.236 e. The van der Waals surface area contributed by atoms with Crippen LogP contribution in [0.5, 0.6) is 0 Å². The first-order chi connectivity index (χ1) is 9.65. The maximum atomic E-state index is 11.3. The van der Waals surface area contributed by atoms with Gasteiger partial charge in [0.25, 0.3) is 0 Å². The van der Waals surface area contributed by atoms with Crippen LogP contribution in [0.25, 0.3) is 0 Å². The van der Waals surface area contributed by atoms with Gasteiger partial charge in [-0.05, 0) is 30.5 Å². The van der Waals surface area contributed by atoms with Gasteiger partial charge < -0.3 is 15.7 Å². The third-order valence-corrected chi connectivity index (χ3v) is 3.77. The Kier molecular flexibility index (Phi) is 4.59. The second-order valence-corrected chi connectivity index (χ2v) is 5.15. The molecule has 0 spiro atoms. The number of aliphatic hydroxyl groups excluding tert-OH is 1. The zero-order chi connectivity index (χ0) is 14.5. The zero-order valence-electron chi connectivity index (χ0n) is 11.4. The van der Waals surface area contributed by atoms with Crippen molar-refractivity contribution in [2.24, 2.45) is 5.73 Å². The van der Waals surface area contributed by atoms with E-state index in [1.807, 2.05) is 4.90 Å². The number of hydrogen-bond acceptors (Lipinski definition) is 4. The van der Waals surface area contributed by atoms with Gasteiger partial charge in [0.15, 0.2) is 0 Å². The highest BCUT2D eigenvalue weighted by molar-refractivity contribution is 5.80. The van der Waals surface area contributed by atoms with Crippen molar-refractivity contribution < 1.29 is 9.90 Å². The van der Waals surface area contributed by atoms with Crippen LogP contribution in [-0.2, 0) is 11.4 Å². The summed E-state index contributed by atoms with van der Waals surface area (Å²) in [7, 11) is 0. The second-order valence-electron chi connectivity index (χ2n) is 5.15. The van der Waals surface area contributed by atoms with E-state index in [1.54, 1.807) is 18.2 Å². The first-order valence-electron chi connectivity index (χ1n) is 6.84. The molecule has 0 saturated heterocycles. The summed E-state index contributed by atoms with van der Waals surface area (Å²) >= 11 is 0. The lowest BCUT2D eigenvalue weighted by Gasteiger charge is -2.30. The summed E-state index contributed by atoms with van der Waals surface area (Å²) in [5.41, 5.74) is 7.24. The number of primary amides is 1. The second kappa shape index (κ2) is 6.40. The predicted octanol–water partition coefficient (Wildman–Crippen LogP) is 1.28. The summed E-state index contributed by atoms with van der Waals surface area (Å²) in [5, 5.41) is 18.4. The lowest BCUT2D eigenvalue weighted by Crippen LogP contribution is -2.40. The number of nitriles is 1. The quantitative estimate of drug-likeness (QED) is 0.845. The lowest BCUT2D eigenvalue weighted by molar-refractivity contribution is -0.116. The molecule has 106 valence electrons. The van der Waals surface area contributed by atoms with Crippen LogP contribution in [0, 0.1) is 11.3 Å². The molecule has 5 nitrogen and oxygen atoms in total. The highest BCUT2D eigenvalue weighted by atomic mass is 16.3. The van der Waals surface area contributed by atoms with Crippen molar-refractivity contribution in [3.8, 4) is 6.07 Å². The Labute approximate surface area is 118 Å². The molecule has 0 radical (unpaired) electrons. The Bertz CT molecular complexity index is 530. The van der Waals surface area contributed by atoms with Gasteiger partial charge >= 0.3 is 0 Å². The van der Waals surface area contributed by atoms with Crippen molar-refractivity contribution in [2.45, 2.75) is 38.3 Å². The van der Waals surface area contributed by atoms with E-state index < -0.39 is 5.91 Å². The van der Waals surface area contributed by atoms with E-state index in [9.17, 15) is 10.1 Å². The third-order valence-electron chi connectivity index (χ3n) is 3.77. The molecule has 0 aliphatic heterocycles. The van der Waals surface area contributed by atoms with Gasteiger partial charge in [-0.15, -0.1) is 0 Å². The van der Waals surface area contributed by atoms with E-state index >= 15 is 0 Å². The number of hydrogen-bond donors (Lipinski definition) is 2. The van der Waals surface area contributed by atoms with Crippen molar-refractivity contribution in [1.82, 2.24) is 0 Å². The molecule has 1 amide bonds. The lowest BCUT2D eigenvalue weighted by atomic mass is 10.1. The number of carbonyl (C=O) groups excluding carboxylic acids is 1. The van der Waals surface area contributed by atoms with Crippen molar-refractivity contribution in [3.05, 3.63) is 29.3 Å². The largest absolute Gasteiger partial charge is 0.392 e. The Balaban J connectivity index is 2.37. The zero-order valence-corrected chi connectivity index (χ0v) is 11.4. The number of rotatable bonds is 5. The minimum atomic E-state index is -0.396. The van der Waals surface area contributed by atoms with E-state index in [2.05, 4.69) is 6.07 Å². The van der Waals surface area contributed by atoms with Crippen LogP contribution in [0.2, 0.25) is 0 Å². The van der Waals surface area contributed by atoms with Crippen LogP contribution in [0.3, 0.4) is 0 Å². The number of nitrogens with zero attached hydrogens (tertiary/aromatic N) is 2. The van der Waals surface area contributed by atoms with E-state index in [1.165, 1.54) is 0 Å². The number of nitrogens with two attached hydrogens (primary N) is 1. The summed E-state index contributed by atoms with van der Waals surface area (Å²) in [4.78, 5) is 13.3. The fraction of sp³-hybridized carbons (Fsp3) is 0.467. The molecule has 0 bridgehead atoms. The fourth-order valence-corrected chi connectivity index (χ4v) is 2.82. The van der Waals surface area contributed by atoms with Crippen LogP contribution in [0.1, 0.15) is 36.8 Å². The van der Waals surface area contributed by atoms with Gasteiger partial charge in [-0.25, -0.2) is 0 Å². The molecule has 0 aromatic heterocycles. The molecule has 1 aliphatic carbocycles. The van der Waals surface area contributed by atoms with Gasteiger partial charge in [-0.1, -0.05) is 18.9 Å². The van der Waals surface area contributed by atoms with E-state index in [0.717, 1.165) is 31.4 Å². The first kappa shape index (κ1) is 14.4. The SMILES string of the molecule is N#Cc1cc(CO)ccc1N(CC(N)=O)C1CCCC1. The molecule has 5 heteroatoms. The molecule has 0 heterocycles. The molecule has 3 N–H and O–H groups in total. The number of carbonyl (C=O) groups is 1. The Morgan fingerprint density at radius 2 is 2.15 bits per heavy atom. The smallest absolute Gasteiger partial charge is 0.236 e. The van der Waals surface area contributed by atoms with Crippen LogP contribution < -0.4 is 10.6 Å². The molecule has 1 aromatic rings. The maximum absolute atomic E-state index is 11.3. The summed E-state index contributed by atoms with van der Waals surface area (Å²) < 4.78 is 0. The average Bonchev–Trinajstić information content (AvgIpc) is 2.98. The van der Waals surface area contributed by atoms with Gasteiger partial charge in [0, 0.05) is 6.04 Å². The first-order valence-corrected chi connectivity index (χ1v) is 6.84. The predicted molar refractivity (Wildman–Crippen MR) is 75.9 cm³/mol. The topological polar surface area (TPSA) is 90.3 Å². The van der Waals surface area contributed by atoms with Crippen LogP contribution in [0.15, 0.2) is 18.2 Å². The number of benzene rings is 1. The Hall–Kier alpha value is -2.06. The minimum Gasteiger partial charge on any atom is -0.392 e. The van der Waals surface area contributed by atoms with Crippen molar-refractivity contribution in [1.29, 1.82) is 5.26 Å². The average molecular weight is 273 g/mol. The molecule has 1 saturated carbocycles. The van der Waals surface area contributed by atoms with Crippen LogP contribution in [0.4, 0.5) is 5.69 Å².